The summed E-state index contributed by atoms with van der Waals surface area (Å²) in [4.78, 5) is 20.2. The van der Waals surface area contributed by atoms with Crippen molar-refractivity contribution in [1.29, 1.82) is 0 Å². The predicted molar refractivity (Wildman–Crippen MR) is 61.5 cm³/mol. The van der Waals surface area contributed by atoms with Crippen LogP contribution in [0, 0.1) is 0 Å². The first kappa shape index (κ1) is 29.0. The van der Waals surface area contributed by atoms with Gasteiger partial charge >= 0.3 is 21.1 Å². The van der Waals surface area contributed by atoms with Crippen molar-refractivity contribution in [3.63, 3.8) is 0 Å². The van der Waals surface area contributed by atoms with E-state index in [0.717, 1.165) is 0 Å². The second kappa shape index (κ2) is 16.3. The first-order chi connectivity index (χ1) is 8.61. The van der Waals surface area contributed by atoms with Crippen LogP contribution in [0.25, 0.3) is 0 Å². The molecule has 2 aromatic rings. The maximum Gasteiger partial charge on any atom is 5.00 e. The van der Waals surface area contributed by atoms with E-state index in [1.807, 2.05) is 0 Å². The molecule has 0 N–H and O–H groups in total. The molecule has 0 unspecified atom stereocenters. The first-order valence-electron chi connectivity index (χ1n) is 5.14. The van der Waals surface area contributed by atoms with E-state index in [0.29, 0.717) is 0 Å². The fourth-order valence-electron chi connectivity index (χ4n) is 1.15. The molecule has 117 valence electrons. The number of carboxylic acid groups (broad SMARTS) is 2. The van der Waals surface area contributed by atoms with E-state index in [4.69, 9.17) is 0 Å². The van der Waals surface area contributed by atoms with Gasteiger partial charge in [-0.2, -0.15) is 0 Å². The number of hydrogen-bond donors (Lipinski definition) is 0. The third-order valence-corrected chi connectivity index (χ3v) is 2.02. The Morgan fingerprint density at radius 2 is 0.818 bits per heavy atom. The van der Waals surface area contributed by atoms with Crippen LogP contribution in [-0.4, -0.2) is 11.9 Å². The van der Waals surface area contributed by atoms with Gasteiger partial charge < -0.3 is 57.0 Å². The summed E-state index contributed by atoms with van der Waals surface area (Å²) < 4.78 is 0. The molecule has 4 nitrogen and oxygen atoms in total. The van der Waals surface area contributed by atoms with E-state index in [2.05, 4.69) is 0 Å². The Morgan fingerprint density at radius 3 is 0.955 bits per heavy atom. The summed E-state index contributed by atoms with van der Waals surface area (Å²) in [6.07, 6.45) is 0. The summed E-state index contributed by atoms with van der Waals surface area (Å²) in [7, 11) is 0. The average Bonchev–Trinajstić information content (AvgIpc) is 2.41. The normalized spacial score (nSPS) is 7.27. The van der Waals surface area contributed by atoms with Crippen LogP contribution in [0.15, 0.2) is 60.7 Å². The molecule has 0 aliphatic heterocycles. The minimum absolute atomic E-state index is 0. The van der Waals surface area contributed by atoms with Gasteiger partial charge in [0.25, 0.3) is 0 Å². The summed E-state index contributed by atoms with van der Waals surface area (Å²) in [5, 5.41) is 20.2. The molecule has 0 atom stereocenters. The maximum absolute atomic E-state index is 10.1. The number of halogens is 3. The molecular weight excluding hydrogens is 434 g/mol. The molecule has 0 bridgehead atoms. The minimum Gasteiger partial charge on any atom is -1.00 e. The van der Waals surface area contributed by atoms with Crippen molar-refractivity contribution in [2.75, 3.05) is 0 Å². The fraction of sp³-hybridized carbons (Fsp3) is 0. The summed E-state index contributed by atoms with van der Waals surface area (Å²) in [6.45, 7) is 0. The van der Waals surface area contributed by atoms with Crippen LogP contribution in [0.3, 0.4) is 0 Å². The summed E-state index contributed by atoms with van der Waals surface area (Å²) in [5.41, 5.74) is 0.440. The molecule has 0 aromatic heterocycles. The van der Waals surface area contributed by atoms with Crippen molar-refractivity contribution in [1.82, 2.24) is 0 Å². The summed E-state index contributed by atoms with van der Waals surface area (Å²) >= 11 is 0. The third kappa shape index (κ3) is 11.6. The number of aromatic carboxylic acids is 2. The second-order valence-electron chi connectivity index (χ2n) is 3.31. The second-order valence-corrected chi connectivity index (χ2v) is 3.31. The monoisotopic (exact) mass is 445 g/mol. The SMILES string of the molecule is O=C([O-])c1ccccc1.O=C([O-])c1ccccc1.[Cl-].[Cl-].[Cl-].[Mo+5]. The first-order valence-corrected chi connectivity index (χ1v) is 5.14. The van der Waals surface area contributed by atoms with Crippen molar-refractivity contribution < 1.29 is 78.1 Å². The van der Waals surface area contributed by atoms with Crippen LogP contribution in [0.5, 0.6) is 0 Å². The summed E-state index contributed by atoms with van der Waals surface area (Å²) in [6, 6.07) is 16.1. The fourth-order valence-corrected chi connectivity index (χ4v) is 1.15. The number of rotatable bonds is 2. The molecular formula is C14H10Cl3MoO4. The van der Waals surface area contributed by atoms with E-state index in [1.54, 1.807) is 36.4 Å². The van der Waals surface area contributed by atoms with Gasteiger partial charge in [-0.05, 0) is 11.1 Å². The van der Waals surface area contributed by atoms with Crippen molar-refractivity contribution >= 4 is 11.9 Å². The van der Waals surface area contributed by atoms with Gasteiger partial charge in [0.2, 0.25) is 0 Å². The van der Waals surface area contributed by atoms with E-state index in [1.165, 1.54) is 24.3 Å². The van der Waals surface area contributed by atoms with Crippen molar-refractivity contribution in [2.24, 2.45) is 0 Å². The van der Waals surface area contributed by atoms with E-state index >= 15 is 0 Å². The number of carbonyl (C=O) groups excluding carboxylic acids is 2. The van der Waals surface area contributed by atoms with Gasteiger partial charge in [0.15, 0.2) is 0 Å². The number of carboxylic acids is 2. The molecule has 2 aromatic carbocycles. The van der Waals surface area contributed by atoms with Crippen LogP contribution in [0.4, 0.5) is 0 Å². The number of hydrogen-bond acceptors (Lipinski definition) is 4. The molecule has 1 radical (unpaired) electrons. The molecule has 8 heteroatoms. The zero-order chi connectivity index (χ0) is 13.4. The molecule has 0 saturated heterocycles. The Labute approximate surface area is 161 Å². The van der Waals surface area contributed by atoms with Gasteiger partial charge in [0.1, 0.15) is 0 Å². The minimum atomic E-state index is -1.13. The molecule has 0 amide bonds. The van der Waals surface area contributed by atoms with Crippen LogP contribution in [0.2, 0.25) is 0 Å². The zero-order valence-electron chi connectivity index (χ0n) is 10.9. The molecule has 0 aliphatic carbocycles. The van der Waals surface area contributed by atoms with Crippen LogP contribution >= 0.6 is 0 Å². The van der Waals surface area contributed by atoms with Crippen molar-refractivity contribution in [3.05, 3.63) is 71.8 Å². The molecule has 0 heterocycles. The van der Waals surface area contributed by atoms with Crippen LogP contribution < -0.4 is 47.4 Å². The van der Waals surface area contributed by atoms with E-state index < -0.39 is 11.9 Å². The number of carbonyl (C=O) groups is 2. The summed E-state index contributed by atoms with van der Waals surface area (Å²) in [5.74, 6) is -2.26. The maximum atomic E-state index is 10.1. The van der Waals surface area contributed by atoms with Gasteiger partial charge in [0.05, 0.1) is 11.9 Å². The Kier molecular flexibility index (Phi) is 21.5. The third-order valence-electron chi connectivity index (χ3n) is 2.02. The van der Waals surface area contributed by atoms with Gasteiger partial charge in [-0.25, -0.2) is 0 Å². The van der Waals surface area contributed by atoms with Crippen molar-refractivity contribution in [3.8, 4) is 0 Å². The van der Waals surface area contributed by atoms with Gasteiger partial charge in [0, 0.05) is 0 Å². The Bertz CT molecular complexity index is 475. The van der Waals surface area contributed by atoms with Crippen LogP contribution in [-0.2, 0) is 21.1 Å². The smallest absolute Gasteiger partial charge is 1.00 e. The van der Waals surface area contributed by atoms with Gasteiger partial charge in [-0.3, -0.25) is 0 Å². The van der Waals surface area contributed by atoms with Gasteiger partial charge in [-0.15, -0.1) is 0 Å². The van der Waals surface area contributed by atoms with E-state index in [9.17, 15) is 19.8 Å². The molecule has 0 aliphatic rings. The quantitative estimate of drug-likeness (QED) is 0.431. The van der Waals surface area contributed by atoms with Gasteiger partial charge in [-0.1, -0.05) is 60.7 Å². The molecule has 2 rings (SSSR count). The predicted octanol–water partition coefficient (Wildman–Crippen LogP) is -8.89. The zero-order valence-corrected chi connectivity index (χ0v) is 15.2. The Balaban J connectivity index is -0.000000125. The molecule has 22 heavy (non-hydrogen) atoms. The topological polar surface area (TPSA) is 80.3 Å². The van der Waals surface area contributed by atoms with E-state index in [-0.39, 0.29) is 69.4 Å². The molecule has 0 spiro atoms. The standard InChI is InChI=1S/2C7H6O2.3ClH.Mo/c2*8-7(9)6-4-2-1-3-5-6;;;;/h2*1-5H,(H,8,9);3*1H;/q;;;;;+5/p-5. The average molecular weight is 445 g/mol. The molecule has 0 saturated carbocycles. The Morgan fingerprint density at radius 1 is 0.591 bits per heavy atom. The van der Waals surface area contributed by atoms with Crippen LogP contribution in [0.1, 0.15) is 20.7 Å². The number of benzene rings is 2. The Hall–Kier alpha value is -1.06. The largest absolute Gasteiger partial charge is 5.00 e. The van der Waals surface area contributed by atoms with Crippen molar-refractivity contribution in [2.45, 2.75) is 0 Å². The molecule has 0 fully saturated rings.